The van der Waals surface area contributed by atoms with Crippen molar-refractivity contribution in [3.05, 3.63) is 35.1 Å². The standard InChI is InChI=1S/C9H6Cl3FO2/c10-9(11,12)6-2-1-5(3-7(6)13)4-8(14)15/h1-3H,4H2,(H,14,15). The number of carbonyl (C=O) groups is 1. The SMILES string of the molecule is O=C(O)Cc1ccc(C(Cl)(Cl)Cl)c(F)c1. The molecule has 1 rings (SSSR count). The highest BCUT2D eigenvalue weighted by atomic mass is 35.6. The van der Waals surface area contributed by atoms with Gasteiger partial charge in [0.1, 0.15) is 5.82 Å². The Hall–Kier alpha value is -0.510. The molecule has 0 saturated heterocycles. The van der Waals surface area contributed by atoms with E-state index in [0.717, 1.165) is 6.07 Å². The van der Waals surface area contributed by atoms with E-state index in [9.17, 15) is 9.18 Å². The molecule has 0 saturated carbocycles. The lowest BCUT2D eigenvalue weighted by molar-refractivity contribution is -0.136. The number of aliphatic carboxylic acids is 1. The third-order valence-corrected chi connectivity index (χ3v) is 2.31. The van der Waals surface area contributed by atoms with E-state index >= 15 is 0 Å². The van der Waals surface area contributed by atoms with Gasteiger partial charge in [0.05, 0.1) is 6.42 Å². The largest absolute Gasteiger partial charge is 0.481 e. The summed E-state index contributed by atoms with van der Waals surface area (Å²) in [7, 11) is 0. The van der Waals surface area contributed by atoms with Crippen LogP contribution in [0.4, 0.5) is 4.39 Å². The summed E-state index contributed by atoms with van der Waals surface area (Å²) in [6.45, 7) is 0. The van der Waals surface area contributed by atoms with Crippen molar-refractivity contribution in [1.82, 2.24) is 0 Å². The number of halogens is 4. The van der Waals surface area contributed by atoms with Gasteiger partial charge < -0.3 is 5.11 Å². The first-order valence-electron chi connectivity index (χ1n) is 3.88. The lowest BCUT2D eigenvalue weighted by Crippen LogP contribution is -2.06. The van der Waals surface area contributed by atoms with Crippen LogP contribution in [0.3, 0.4) is 0 Å². The van der Waals surface area contributed by atoms with Crippen LogP contribution in [0, 0.1) is 5.82 Å². The maximum atomic E-state index is 13.4. The third kappa shape index (κ3) is 3.52. The fourth-order valence-corrected chi connectivity index (χ4v) is 1.53. The van der Waals surface area contributed by atoms with Gasteiger partial charge in [0.25, 0.3) is 0 Å². The number of hydrogen-bond donors (Lipinski definition) is 1. The van der Waals surface area contributed by atoms with E-state index in [2.05, 4.69) is 0 Å². The van der Waals surface area contributed by atoms with Crippen LogP contribution in [0.1, 0.15) is 11.1 Å². The predicted octanol–water partition coefficient (Wildman–Crippen LogP) is 3.28. The van der Waals surface area contributed by atoms with E-state index in [1.807, 2.05) is 0 Å². The van der Waals surface area contributed by atoms with Gasteiger partial charge in [0.15, 0.2) is 0 Å². The van der Waals surface area contributed by atoms with Crippen molar-refractivity contribution >= 4 is 40.8 Å². The van der Waals surface area contributed by atoms with Gasteiger partial charge in [-0.3, -0.25) is 4.79 Å². The quantitative estimate of drug-likeness (QED) is 0.838. The van der Waals surface area contributed by atoms with Crippen LogP contribution >= 0.6 is 34.8 Å². The molecule has 0 spiro atoms. The zero-order valence-corrected chi connectivity index (χ0v) is 9.57. The number of benzene rings is 1. The summed E-state index contributed by atoms with van der Waals surface area (Å²) < 4.78 is 11.5. The zero-order valence-electron chi connectivity index (χ0n) is 7.31. The number of hydrogen-bond acceptors (Lipinski definition) is 1. The number of rotatable bonds is 2. The molecule has 2 nitrogen and oxygen atoms in total. The smallest absolute Gasteiger partial charge is 0.307 e. The van der Waals surface area contributed by atoms with Crippen molar-refractivity contribution in [2.75, 3.05) is 0 Å². The molecule has 0 heterocycles. The van der Waals surface area contributed by atoms with Gasteiger partial charge >= 0.3 is 5.97 Å². The van der Waals surface area contributed by atoms with E-state index in [1.54, 1.807) is 0 Å². The fourth-order valence-electron chi connectivity index (χ4n) is 1.07. The van der Waals surface area contributed by atoms with Crippen molar-refractivity contribution < 1.29 is 14.3 Å². The Morgan fingerprint density at radius 2 is 2.00 bits per heavy atom. The molecule has 0 radical (unpaired) electrons. The maximum absolute atomic E-state index is 13.4. The van der Waals surface area contributed by atoms with Crippen molar-refractivity contribution in [1.29, 1.82) is 0 Å². The molecular formula is C9H6Cl3FO2. The molecule has 82 valence electrons. The summed E-state index contributed by atoms with van der Waals surface area (Å²) in [6.07, 6.45) is -0.267. The number of carboxylic acids is 1. The first kappa shape index (κ1) is 12.6. The van der Waals surface area contributed by atoms with E-state index in [4.69, 9.17) is 39.9 Å². The minimum atomic E-state index is -1.84. The maximum Gasteiger partial charge on any atom is 0.307 e. The molecule has 0 bridgehead atoms. The Morgan fingerprint density at radius 3 is 2.40 bits per heavy atom. The molecular weight excluding hydrogens is 265 g/mol. The second kappa shape index (κ2) is 4.56. The second-order valence-electron chi connectivity index (χ2n) is 2.88. The lowest BCUT2D eigenvalue weighted by Gasteiger charge is -2.12. The fraction of sp³-hybridized carbons (Fsp3) is 0.222. The summed E-state index contributed by atoms with van der Waals surface area (Å²) >= 11 is 16.5. The topological polar surface area (TPSA) is 37.3 Å². The molecule has 0 aromatic heterocycles. The first-order chi connectivity index (χ1) is 6.80. The molecule has 0 aliphatic rings. The minimum absolute atomic E-state index is 0.0957. The molecule has 1 aromatic carbocycles. The van der Waals surface area contributed by atoms with Gasteiger partial charge in [-0.15, -0.1) is 0 Å². The number of alkyl halides is 3. The molecule has 0 atom stereocenters. The molecule has 1 N–H and O–H groups in total. The van der Waals surface area contributed by atoms with Crippen LogP contribution in [-0.2, 0) is 15.0 Å². The van der Waals surface area contributed by atoms with Gasteiger partial charge in [-0.2, -0.15) is 0 Å². The van der Waals surface area contributed by atoms with Crippen LogP contribution in [0.2, 0.25) is 0 Å². The summed E-state index contributed by atoms with van der Waals surface area (Å²) in [4.78, 5) is 10.4. The van der Waals surface area contributed by atoms with Crippen LogP contribution < -0.4 is 0 Å². The van der Waals surface area contributed by atoms with Gasteiger partial charge in [-0.1, -0.05) is 46.9 Å². The monoisotopic (exact) mass is 270 g/mol. The lowest BCUT2D eigenvalue weighted by atomic mass is 10.1. The van der Waals surface area contributed by atoms with E-state index in [1.165, 1.54) is 12.1 Å². The van der Waals surface area contributed by atoms with Crippen molar-refractivity contribution in [3.63, 3.8) is 0 Å². The van der Waals surface area contributed by atoms with Gasteiger partial charge in [-0.25, -0.2) is 4.39 Å². The molecule has 15 heavy (non-hydrogen) atoms. The molecule has 1 aromatic rings. The van der Waals surface area contributed by atoms with E-state index in [-0.39, 0.29) is 12.0 Å². The van der Waals surface area contributed by atoms with Crippen molar-refractivity contribution in [2.24, 2.45) is 0 Å². The zero-order chi connectivity index (χ0) is 11.6. The average Bonchev–Trinajstić information content (AvgIpc) is 1.99. The first-order valence-corrected chi connectivity index (χ1v) is 5.01. The Labute approximate surface area is 101 Å². The van der Waals surface area contributed by atoms with E-state index < -0.39 is 15.6 Å². The van der Waals surface area contributed by atoms with Gasteiger partial charge in [0.2, 0.25) is 3.79 Å². The second-order valence-corrected chi connectivity index (χ2v) is 5.16. The van der Waals surface area contributed by atoms with Crippen molar-refractivity contribution in [2.45, 2.75) is 10.2 Å². The molecule has 0 aliphatic heterocycles. The molecule has 0 aliphatic carbocycles. The highest BCUT2D eigenvalue weighted by molar-refractivity contribution is 6.66. The van der Waals surface area contributed by atoms with Crippen LogP contribution in [-0.4, -0.2) is 11.1 Å². The highest BCUT2D eigenvalue weighted by Gasteiger charge is 2.26. The Kier molecular flexibility index (Phi) is 3.82. The predicted molar refractivity (Wildman–Crippen MR) is 57.0 cm³/mol. The Morgan fingerprint density at radius 1 is 1.40 bits per heavy atom. The van der Waals surface area contributed by atoms with Crippen LogP contribution in [0.5, 0.6) is 0 Å². The van der Waals surface area contributed by atoms with Crippen LogP contribution in [0.15, 0.2) is 18.2 Å². The van der Waals surface area contributed by atoms with Crippen molar-refractivity contribution in [3.8, 4) is 0 Å². The summed E-state index contributed by atoms with van der Waals surface area (Å²) in [6, 6.07) is 3.72. The minimum Gasteiger partial charge on any atom is -0.481 e. The summed E-state index contributed by atoms with van der Waals surface area (Å²) in [5, 5.41) is 8.49. The van der Waals surface area contributed by atoms with Gasteiger partial charge in [0, 0.05) is 5.56 Å². The van der Waals surface area contributed by atoms with E-state index in [0.29, 0.717) is 5.56 Å². The molecule has 0 fully saturated rings. The molecule has 0 unspecified atom stereocenters. The summed E-state index contributed by atoms with van der Waals surface area (Å²) in [5.41, 5.74) is 0.222. The number of carboxylic acid groups (broad SMARTS) is 1. The Balaban J connectivity index is 3.04. The summed E-state index contributed by atoms with van der Waals surface area (Å²) in [5.74, 6) is -1.77. The normalized spacial score (nSPS) is 11.5. The highest BCUT2D eigenvalue weighted by Crippen LogP contribution is 2.39. The molecule has 6 heteroatoms. The van der Waals surface area contributed by atoms with Crippen LogP contribution in [0.25, 0.3) is 0 Å². The van der Waals surface area contributed by atoms with Gasteiger partial charge in [-0.05, 0) is 11.6 Å². The average molecular weight is 272 g/mol. The third-order valence-electron chi connectivity index (χ3n) is 1.69. The Bertz CT molecular complexity index is 387. The molecule has 0 amide bonds.